The number of benzene rings is 1. The van der Waals surface area contributed by atoms with Gasteiger partial charge in [-0.15, -0.1) is 0 Å². The molecular weight excluding hydrogens is 442 g/mol. The summed E-state index contributed by atoms with van der Waals surface area (Å²) in [5.41, 5.74) is 1.29. The fraction of sp³-hybridized carbons (Fsp3) is 0.565. The molecule has 9 nitrogen and oxygen atoms in total. The number of carbonyl (C=O) groups excluding carboxylic acids is 2. The molecule has 0 unspecified atom stereocenters. The number of amides is 2. The first kappa shape index (κ1) is 23.7. The quantitative estimate of drug-likeness (QED) is 0.690. The van der Waals surface area contributed by atoms with Crippen molar-refractivity contribution in [1.82, 2.24) is 29.5 Å². The summed E-state index contributed by atoms with van der Waals surface area (Å²) >= 11 is 6.14. The van der Waals surface area contributed by atoms with Crippen molar-refractivity contribution in [3.63, 3.8) is 0 Å². The van der Waals surface area contributed by atoms with Crippen molar-refractivity contribution in [2.24, 2.45) is 11.8 Å². The molecule has 1 N–H and O–H groups in total. The number of halogens is 1. The van der Waals surface area contributed by atoms with Crippen LogP contribution in [0.5, 0.6) is 0 Å². The summed E-state index contributed by atoms with van der Waals surface area (Å²) in [5, 5.41) is 7.62. The second-order valence-electron chi connectivity index (χ2n) is 9.35. The molecule has 0 saturated carbocycles. The van der Waals surface area contributed by atoms with Gasteiger partial charge in [0.05, 0.1) is 24.5 Å². The predicted octanol–water partition coefficient (Wildman–Crippen LogP) is 1.98. The SMILES string of the molecule is C[C@@H]1C[C@@H](C)CN(C(=O)CN2CCN(CC(=O)Nc3cc(Cl)ccc3-n3cncn3)CC2)C1. The lowest BCUT2D eigenvalue weighted by molar-refractivity contribution is -0.135. The molecule has 2 atom stereocenters. The molecule has 1 aromatic carbocycles. The van der Waals surface area contributed by atoms with E-state index < -0.39 is 0 Å². The highest BCUT2D eigenvalue weighted by atomic mass is 35.5. The lowest BCUT2D eigenvalue weighted by Crippen LogP contribution is -2.52. The number of nitrogens with one attached hydrogen (secondary N) is 1. The molecule has 0 radical (unpaired) electrons. The Hall–Kier alpha value is -2.49. The first-order valence-corrected chi connectivity index (χ1v) is 11.9. The Balaban J connectivity index is 1.25. The number of nitrogens with zero attached hydrogens (tertiary/aromatic N) is 6. The highest BCUT2D eigenvalue weighted by Crippen LogP contribution is 2.24. The molecule has 2 fully saturated rings. The van der Waals surface area contributed by atoms with Crippen molar-refractivity contribution in [2.45, 2.75) is 20.3 Å². The molecule has 2 aromatic rings. The lowest BCUT2D eigenvalue weighted by atomic mass is 9.92. The van der Waals surface area contributed by atoms with E-state index in [1.807, 2.05) is 4.90 Å². The van der Waals surface area contributed by atoms with Crippen molar-refractivity contribution in [2.75, 3.05) is 57.7 Å². The van der Waals surface area contributed by atoms with Crippen LogP contribution < -0.4 is 5.32 Å². The van der Waals surface area contributed by atoms with Gasteiger partial charge >= 0.3 is 0 Å². The van der Waals surface area contributed by atoms with Crippen LogP contribution in [0.15, 0.2) is 30.9 Å². The minimum absolute atomic E-state index is 0.112. The van der Waals surface area contributed by atoms with E-state index >= 15 is 0 Å². The van der Waals surface area contributed by atoms with E-state index in [4.69, 9.17) is 11.6 Å². The highest BCUT2D eigenvalue weighted by molar-refractivity contribution is 6.31. The third-order valence-electron chi connectivity index (χ3n) is 6.31. The second-order valence-corrected chi connectivity index (χ2v) is 9.78. The van der Waals surface area contributed by atoms with E-state index in [-0.39, 0.29) is 18.4 Å². The van der Waals surface area contributed by atoms with Crippen molar-refractivity contribution in [1.29, 1.82) is 0 Å². The number of likely N-dealkylation sites (tertiary alicyclic amines) is 1. The summed E-state index contributed by atoms with van der Waals surface area (Å²) in [6.07, 6.45) is 4.21. The number of hydrogen-bond acceptors (Lipinski definition) is 6. The molecule has 4 rings (SSSR count). The molecule has 10 heteroatoms. The third-order valence-corrected chi connectivity index (χ3v) is 6.55. The van der Waals surface area contributed by atoms with Gasteiger partial charge in [-0.2, -0.15) is 5.10 Å². The van der Waals surface area contributed by atoms with E-state index in [0.29, 0.717) is 34.8 Å². The Bertz CT molecular complexity index is 950. The molecule has 1 aromatic heterocycles. The maximum atomic E-state index is 12.8. The molecule has 2 aliphatic heterocycles. The molecule has 2 aliphatic rings. The van der Waals surface area contributed by atoms with E-state index in [2.05, 4.69) is 39.0 Å². The third kappa shape index (κ3) is 6.31. The normalized spacial score (nSPS) is 22.3. The zero-order valence-electron chi connectivity index (χ0n) is 19.3. The van der Waals surface area contributed by atoms with Gasteiger partial charge in [0.1, 0.15) is 12.7 Å². The average Bonchev–Trinajstić information content (AvgIpc) is 3.29. The molecule has 0 bridgehead atoms. The van der Waals surface area contributed by atoms with Gasteiger partial charge in [0.15, 0.2) is 0 Å². The molecule has 2 saturated heterocycles. The van der Waals surface area contributed by atoms with Crippen molar-refractivity contribution < 1.29 is 9.59 Å². The summed E-state index contributed by atoms with van der Waals surface area (Å²) in [4.78, 5) is 35.8. The number of rotatable bonds is 6. The fourth-order valence-corrected chi connectivity index (χ4v) is 4.97. The summed E-state index contributed by atoms with van der Waals surface area (Å²) in [6.45, 7) is 9.97. The molecule has 0 aliphatic carbocycles. The number of anilines is 1. The summed E-state index contributed by atoms with van der Waals surface area (Å²) in [6, 6.07) is 5.26. The van der Waals surface area contributed by atoms with Crippen LogP contribution in [0.3, 0.4) is 0 Å². The Morgan fingerprint density at radius 3 is 2.36 bits per heavy atom. The van der Waals surface area contributed by atoms with Crippen LogP contribution >= 0.6 is 11.6 Å². The van der Waals surface area contributed by atoms with E-state index in [9.17, 15) is 9.59 Å². The summed E-state index contributed by atoms with van der Waals surface area (Å²) in [7, 11) is 0. The Morgan fingerprint density at radius 1 is 1.06 bits per heavy atom. The van der Waals surface area contributed by atoms with Crippen molar-refractivity contribution >= 4 is 29.1 Å². The van der Waals surface area contributed by atoms with Crippen molar-refractivity contribution in [3.8, 4) is 5.69 Å². The van der Waals surface area contributed by atoms with E-state index in [1.54, 1.807) is 29.2 Å². The van der Waals surface area contributed by atoms with Gasteiger partial charge in [0.25, 0.3) is 0 Å². The zero-order chi connectivity index (χ0) is 23.4. The van der Waals surface area contributed by atoms with Gasteiger partial charge in [0, 0.05) is 44.3 Å². The monoisotopic (exact) mass is 473 g/mol. The van der Waals surface area contributed by atoms with Gasteiger partial charge in [-0.3, -0.25) is 19.4 Å². The van der Waals surface area contributed by atoms with E-state index in [0.717, 1.165) is 39.3 Å². The maximum Gasteiger partial charge on any atom is 0.238 e. The number of hydrogen-bond donors (Lipinski definition) is 1. The van der Waals surface area contributed by atoms with Gasteiger partial charge in [-0.1, -0.05) is 25.4 Å². The minimum Gasteiger partial charge on any atom is -0.341 e. The molecule has 3 heterocycles. The minimum atomic E-state index is -0.112. The predicted molar refractivity (Wildman–Crippen MR) is 127 cm³/mol. The lowest BCUT2D eigenvalue weighted by Gasteiger charge is -2.38. The molecule has 0 spiro atoms. The number of carbonyl (C=O) groups is 2. The van der Waals surface area contributed by atoms with Crippen LogP contribution in [0.4, 0.5) is 5.69 Å². The summed E-state index contributed by atoms with van der Waals surface area (Å²) in [5.74, 6) is 1.25. The van der Waals surface area contributed by atoms with Crippen LogP contribution in [-0.4, -0.2) is 93.6 Å². The highest BCUT2D eigenvalue weighted by Gasteiger charge is 2.28. The maximum absolute atomic E-state index is 12.8. The first-order valence-electron chi connectivity index (χ1n) is 11.5. The average molecular weight is 474 g/mol. The standard InChI is InChI=1S/C23H32ClN7O2/c1-17-9-18(2)12-30(11-17)23(33)14-29-7-5-28(6-8-29)13-22(32)27-20-10-19(24)3-4-21(20)31-16-25-15-26-31/h3-4,10,15-18H,5-9,11-14H2,1-2H3,(H,27,32)/t17-,18-/m1/s1. The van der Waals surface area contributed by atoms with Gasteiger partial charge in [-0.25, -0.2) is 9.67 Å². The first-order chi connectivity index (χ1) is 15.9. The second kappa shape index (κ2) is 10.6. The zero-order valence-corrected chi connectivity index (χ0v) is 20.0. The molecule has 2 amide bonds. The molecule has 33 heavy (non-hydrogen) atoms. The van der Waals surface area contributed by atoms with E-state index in [1.165, 1.54) is 12.7 Å². The van der Waals surface area contributed by atoms with Gasteiger partial charge in [0.2, 0.25) is 11.8 Å². The van der Waals surface area contributed by atoms with Crippen LogP contribution in [0, 0.1) is 11.8 Å². The Labute approximate surface area is 199 Å². The van der Waals surface area contributed by atoms with Gasteiger partial charge in [-0.05, 0) is 36.5 Å². The largest absolute Gasteiger partial charge is 0.341 e. The van der Waals surface area contributed by atoms with Gasteiger partial charge < -0.3 is 10.2 Å². The fourth-order valence-electron chi connectivity index (χ4n) is 4.80. The Morgan fingerprint density at radius 2 is 1.73 bits per heavy atom. The smallest absolute Gasteiger partial charge is 0.238 e. The van der Waals surface area contributed by atoms with Crippen LogP contribution in [0.1, 0.15) is 20.3 Å². The van der Waals surface area contributed by atoms with Crippen LogP contribution in [-0.2, 0) is 9.59 Å². The number of piperazine rings is 1. The molecular formula is C23H32ClN7O2. The molecule has 178 valence electrons. The summed E-state index contributed by atoms with van der Waals surface area (Å²) < 4.78 is 1.59. The number of piperidine rings is 1. The Kier molecular flexibility index (Phi) is 7.62. The van der Waals surface area contributed by atoms with Crippen LogP contribution in [0.2, 0.25) is 5.02 Å². The number of aromatic nitrogens is 3. The topological polar surface area (TPSA) is 86.6 Å². The van der Waals surface area contributed by atoms with Crippen molar-refractivity contribution in [3.05, 3.63) is 35.9 Å². The van der Waals surface area contributed by atoms with Crippen LogP contribution in [0.25, 0.3) is 5.69 Å².